The number of carbonyl (C=O) groups is 1. The highest BCUT2D eigenvalue weighted by atomic mass is 32.2. The van der Waals surface area contributed by atoms with Crippen LogP contribution in [-0.4, -0.2) is 50.1 Å². The van der Waals surface area contributed by atoms with Gasteiger partial charge in [-0.25, -0.2) is 0 Å². The summed E-state index contributed by atoms with van der Waals surface area (Å²) in [6.07, 6.45) is 5.00. The molecule has 1 fully saturated rings. The van der Waals surface area contributed by atoms with E-state index < -0.39 is 0 Å². The van der Waals surface area contributed by atoms with Gasteiger partial charge >= 0.3 is 0 Å². The van der Waals surface area contributed by atoms with Crippen molar-refractivity contribution >= 4 is 17.5 Å². The Kier molecular flexibility index (Phi) is 8.80. The van der Waals surface area contributed by atoms with Crippen molar-refractivity contribution in [3.63, 3.8) is 0 Å². The first-order valence-corrected chi connectivity index (χ1v) is 11.2. The molecular weight excluding hydrogens is 386 g/mol. The molecule has 0 bridgehead atoms. The molecule has 1 unspecified atom stereocenters. The maximum absolute atomic E-state index is 12.8. The van der Waals surface area contributed by atoms with Gasteiger partial charge in [-0.1, -0.05) is 30.9 Å². The van der Waals surface area contributed by atoms with Crippen LogP contribution in [0.15, 0.2) is 42.0 Å². The Labute approximate surface area is 178 Å². The second-order valence-corrected chi connectivity index (χ2v) is 8.39. The van der Waals surface area contributed by atoms with Gasteiger partial charge in [-0.05, 0) is 30.0 Å². The molecule has 158 valence electrons. The lowest BCUT2D eigenvalue weighted by molar-refractivity contribution is -0.115. The van der Waals surface area contributed by atoms with Gasteiger partial charge < -0.3 is 14.2 Å². The number of thioether (sulfide) groups is 1. The Balaban J connectivity index is 1.65. The van der Waals surface area contributed by atoms with E-state index in [-0.39, 0.29) is 11.0 Å². The first-order chi connectivity index (χ1) is 14.2. The minimum Gasteiger partial charge on any atom is -0.497 e. The molecule has 1 aromatic carbocycles. The van der Waals surface area contributed by atoms with Crippen LogP contribution in [0.25, 0.3) is 0 Å². The Hall–Kier alpha value is -1.60. The molecule has 29 heavy (non-hydrogen) atoms. The summed E-state index contributed by atoms with van der Waals surface area (Å²) in [4.78, 5) is 16.0. The summed E-state index contributed by atoms with van der Waals surface area (Å²) in [5.41, 5.74) is 3.54. The van der Waals surface area contributed by atoms with E-state index in [1.54, 1.807) is 11.8 Å². The van der Waals surface area contributed by atoms with Crippen molar-refractivity contribution < 1.29 is 19.0 Å². The molecule has 5 nitrogen and oxygen atoms in total. The standard InChI is InChI=1S/C23H31NO4S/c1-3-26-16-18-6-5-7-19(17-27-4-2)23(18)22-9-8-21(29-22)20(25)10-11-24-12-14-28-15-13-24/h3,5-8,22H,1,4,9-17H2,2H3. The first-order valence-electron chi connectivity index (χ1n) is 10.3. The maximum atomic E-state index is 12.8. The van der Waals surface area contributed by atoms with Crippen LogP contribution in [0.4, 0.5) is 0 Å². The fraction of sp³-hybridized carbons (Fsp3) is 0.522. The molecular formula is C23H31NO4S. The van der Waals surface area contributed by atoms with E-state index in [9.17, 15) is 4.79 Å². The summed E-state index contributed by atoms with van der Waals surface area (Å²) in [7, 11) is 0. The van der Waals surface area contributed by atoms with Crippen molar-refractivity contribution in [1.82, 2.24) is 4.90 Å². The fourth-order valence-electron chi connectivity index (χ4n) is 3.72. The molecule has 0 radical (unpaired) electrons. The van der Waals surface area contributed by atoms with E-state index in [2.05, 4.69) is 29.7 Å². The topological polar surface area (TPSA) is 48.0 Å². The van der Waals surface area contributed by atoms with Gasteiger partial charge in [0, 0.05) is 42.8 Å². The zero-order valence-electron chi connectivity index (χ0n) is 17.2. The van der Waals surface area contributed by atoms with Crippen LogP contribution in [0.3, 0.4) is 0 Å². The number of nitrogens with zero attached hydrogens (tertiary/aromatic N) is 1. The summed E-state index contributed by atoms with van der Waals surface area (Å²) < 4.78 is 16.5. The molecule has 0 saturated carbocycles. The van der Waals surface area contributed by atoms with Gasteiger partial charge in [0.05, 0.1) is 26.1 Å². The predicted molar refractivity (Wildman–Crippen MR) is 117 cm³/mol. The minimum atomic E-state index is 0.220. The van der Waals surface area contributed by atoms with Crippen LogP contribution in [0.1, 0.15) is 41.7 Å². The molecule has 2 aliphatic rings. The summed E-state index contributed by atoms with van der Waals surface area (Å²) in [6, 6.07) is 6.25. The van der Waals surface area contributed by atoms with Crippen molar-refractivity contribution in [3.8, 4) is 0 Å². The Bertz CT molecular complexity index is 728. The second kappa shape index (κ2) is 11.6. The smallest absolute Gasteiger partial charge is 0.170 e. The minimum absolute atomic E-state index is 0.220. The molecule has 1 saturated heterocycles. The third kappa shape index (κ3) is 6.19. The molecule has 0 spiro atoms. The molecule has 0 amide bonds. The van der Waals surface area contributed by atoms with Crippen LogP contribution in [-0.2, 0) is 32.2 Å². The van der Waals surface area contributed by atoms with Gasteiger partial charge in [0.2, 0.25) is 0 Å². The van der Waals surface area contributed by atoms with Crippen molar-refractivity contribution in [2.24, 2.45) is 0 Å². The van der Waals surface area contributed by atoms with Crippen molar-refractivity contribution in [3.05, 3.63) is 58.7 Å². The average Bonchev–Trinajstić information content (AvgIpc) is 3.25. The summed E-state index contributed by atoms with van der Waals surface area (Å²) in [5, 5.41) is 0.220. The van der Waals surface area contributed by atoms with Gasteiger partial charge in [-0.3, -0.25) is 9.69 Å². The number of hydrogen-bond donors (Lipinski definition) is 0. The average molecular weight is 418 g/mol. The summed E-state index contributed by atoms with van der Waals surface area (Å²) in [5.74, 6) is 0.246. The molecule has 6 heteroatoms. The van der Waals surface area contributed by atoms with Crippen molar-refractivity contribution in [1.29, 1.82) is 0 Å². The number of ketones is 1. The van der Waals surface area contributed by atoms with Gasteiger partial charge in [0.15, 0.2) is 5.78 Å². The number of morpholine rings is 1. The molecule has 2 heterocycles. The number of ether oxygens (including phenoxy) is 3. The van der Waals surface area contributed by atoms with E-state index in [1.165, 1.54) is 17.4 Å². The number of carbonyl (C=O) groups excluding carboxylic acids is 1. The molecule has 1 aromatic rings. The summed E-state index contributed by atoms with van der Waals surface area (Å²) >= 11 is 1.69. The van der Waals surface area contributed by atoms with E-state index in [4.69, 9.17) is 14.2 Å². The van der Waals surface area contributed by atoms with Crippen LogP contribution < -0.4 is 0 Å². The quantitative estimate of drug-likeness (QED) is 0.502. The van der Waals surface area contributed by atoms with Crippen LogP contribution >= 0.6 is 11.8 Å². The number of rotatable bonds is 11. The van der Waals surface area contributed by atoms with Gasteiger partial charge in [0.1, 0.15) is 6.61 Å². The Morgan fingerprint density at radius 2 is 2.07 bits per heavy atom. The highest BCUT2D eigenvalue weighted by Crippen LogP contribution is 2.46. The third-order valence-electron chi connectivity index (χ3n) is 5.25. The predicted octanol–water partition coefficient (Wildman–Crippen LogP) is 4.24. The summed E-state index contributed by atoms with van der Waals surface area (Å²) in [6.45, 7) is 11.6. The third-order valence-corrected chi connectivity index (χ3v) is 6.61. The van der Waals surface area contributed by atoms with E-state index in [1.807, 2.05) is 13.0 Å². The van der Waals surface area contributed by atoms with E-state index >= 15 is 0 Å². The zero-order valence-corrected chi connectivity index (χ0v) is 18.0. The van der Waals surface area contributed by atoms with Crippen LogP contribution in [0, 0.1) is 0 Å². The number of benzene rings is 1. The van der Waals surface area contributed by atoms with Gasteiger partial charge in [-0.2, -0.15) is 0 Å². The van der Waals surface area contributed by atoms with Gasteiger partial charge in [-0.15, -0.1) is 11.8 Å². The van der Waals surface area contributed by atoms with Crippen molar-refractivity contribution in [2.45, 2.75) is 38.2 Å². The molecule has 2 aliphatic heterocycles. The van der Waals surface area contributed by atoms with Gasteiger partial charge in [0.25, 0.3) is 0 Å². The lowest BCUT2D eigenvalue weighted by atomic mass is 9.97. The maximum Gasteiger partial charge on any atom is 0.170 e. The lowest BCUT2D eigenvalue weighted by Gasteiger charge is -2.26. The van der Waals surface area contributed by atoms with Crippen molar-refractivity contribution in [2.75, 3.05) is 39.5 Å². The van der Waals surface area contributed by atoms with Crippen LogP contribution in [0.2, 0.25) is 0 Å². The molecule has 0 aromatic heterocycles. The SMILES string of the molecule is C=COCc1cccc(COCC)c1C1CC=C(C(=O)CCN2CCOCC2)S1. The molecule has 0 aliphatic carbocycles. The Morgan fingerprint density at radius 1 is 1.31 bits per heavy atom. The van der Waals surface area contributed by atoms with Crippen LogP contribution in [0.5, 0.6) is 0 Å². The number of Topliss-reactive ketones (excluding diaryl/α,β-unsaturated/α-hetero) is 1. The Morgan fingerprint density at radius 3 is 2.79 bits per heavy atom. The van der Waals surface area contributed by atoms with E-state index in [0.29, 0.717) is 26.2 Å². The monoisotopic (exact) mass is 417 g/mol. The first kappa shape index (κ1) is 22.1. The number of hydrogen-bond acceptors (Lipinski definition) is 6. The highest BCUT2D eigenvalue weighted by Gasteiger charge is 2.28. The second-order valence-electron chi connectivity index (χ2n) is 7.14. The van der Waals surface area contributed by atoms with E-state index in [0.717, 1.165) is 49.7 Å². The molecule has 3 rings (SSSR count). The fourth-order valence-corrected chi connectivity index (χ4v) is 5.07. The number of allylic oxidation sites excluding steroid dienone is 2. The molecule has 0 N–H and O–H groups in total. The molecule has 1 atom stereocenters. The largest absolute Gasteiger partial charge is 0.497 e. The lowest BCUT2D eigenvalue weighted by Crippen LogP contribution is -2.37. The normalized spacial score (nSPS) is 19.8. The highest BCUT2D eigenvalue weighted by molar-refractivity contribution is 8.04. The zero-order chi connectivity index (χ0) is 20.5.